The van der Waals surface area contributed by atoms with Gasteiger partial charge in [0.15, 0.2) is 34.8 Å². The maximum absolute atomic E-state index is 14.0. The standard InChI is InChI=1S/C34H50FN5O9/c1-4-7-9-11-13-15-17-27(42)45-20-24(21-46-28(43)18-16-14-12-10-8-5-2)47-33(44)48-25-19-26(49-34(25,6-3)22-41)40-23-37-29-30(36)38-32(35)39-31(29)40/h3,23-26,41H,4-5,7-22H2,1-2H3,(H2,36,38,39)/t25-,26+,34+/m0/s1. The van der Waals surface area contributed by atoms with Crippen LogP contribution in [0.15, 0.2) is 6.33 Å². The van der Waals surface area contributed by atoms with E-state index in [4.69, 9.17) is 35.8 Å². The maximum Gasteiger partial charge on any atom is 0.509 e. The predicted octanol–water partition coefficient (Wildman–Crippen LogP) is 5.31. The van der Waals surface area contributed by atoms with E-state index < -0.39 is 54.8 Å². The van der Waals surface area contributed by atoms with Crippen molar-refractivity contribution in [2.75, 3.05) is 25.6 Å². The molecule has 3 atom stereocenters. The van der Waals surface area contributed by atoms with Crippen molar-refractivity contribution in [3.05, 3.63) is 12.4 Å². The first-order valence-corrected chi connectivity index (χ1v) is 17.3. The lowest BCUT2D eigenvalue weighted by molar-refractivity contribution is -0.154. The number of imidazole rings is 1. The number of aliphatic hydroxyl groups excluding tert-OH is 1. The molecule has 0 saturated carbocycles. The van der Waals surface area contributed by atoms with E-state index in [-0.39, 0.29) is 49.5 Å². The van der Waals surface area contributed by atoms with Crippen molar-refractivity contribution >= 4 is 35.1 Å². The van der Waals surface area contributed by atoms with Crippen LogP contribution < -0.4 is 5.73 Å². The fourth-order valence-corrected chi connectivity index (χ4v) is 5.50. The van der Waals surface area contributed by atoms with Gasteiger partial charge in [-0.15, -0.1) is 6.42 Å². The smallest absolute Gasteiger partial charge is 0.462 e. The van der Waals surface area contributed by atoms with E-state index in [1.807, 2.05) is 0 Å². The second-order valence-electron chi connectivity index (χ2n) is 12.2. The number of fused-ring (bicyclic) bond motifs is 1. The number of halogens is 1. The zero-order valence-electron chi connectivity index (χ0n) is 28.6. The Hall–Kier alpha value is -4.03. The minimum atomic E-state index is -1.81. The highest BCUT2D eigenvalue weighted by molar-refractivity contribution is 5.81. The Labute approximate surface area is 286 Å². The van der Waals surface area contributed by atoms with Crippen molar-refractivity contribution < 1.29 is 47.6 Å². The number of nitrogens with zero attached hydrogens (tertiary/aromatic N) is 4. The van der Waals surface area contributed by atoms with Gasteiger partial charge in [-0.2, -0.15) is 14.4 Å². The molecule has 3 heterocycles. The third-order valence-electron chi connectivity index (χ3n) is 8.32. The third-order valence-corrected chi connectivity index (χ3v) is 8.32. The summed E-state index contributed by atoms with van der Waals surface area (Å²) in [7, 11) is 0. The lowest BCUT2D eigenvalue weighted by Crippen LogP contribution is -2.44. The molecular weight excluding hydrogens is 641 g/mol. The average Bonchev–Trinajstić information content (AvgIpc) is 3.67. The molecule has 272 valence electrons. The number of unbranched alkanes of at least 4 members (excludes halogenated alkanes) is 10. The summed E-state index contributed by atoms with van der Waals surface area (Å²) in [5, 5.41) is 10.2. The SMILES string of the molecule is C#C[C@]1(CO)O[C@@H](n2cnc3c(N)nc(F)nc32)C[C@@H]1OC(=O)OC(COC(=O)CCCCCCCC)COC(=O)CCCCCCCC. The molecule has 0 spiro atoms. The summed E-state index contributed by atoms with van der Waals surface area (Å²) in [4.78, 5) is 49.2. The molecule has 3 N–H and O–H groups in total. The van der Waals surface area contributed by atoms with Gasteiger partial charge in [0.25, 0.3) is 0 Å². The number of carbonyl (C=O) groups is 3. The molecule has 0 radical (unpaired) electrons. The van der Waals surface area contributed by atoms with E-state index in [1.54, 1.807) is 0 Å². The third kappa shape index (κ3) is 12.1. The monoisotopic (exact) mass is 691 g/mol. The van der Waals surface area contributed by atoms with Crippen LogP contribution in [-0.4, -0.2) is 80.3 Å². The molecule has 15 heteroatoms. The van der Waals surface area contributed by atoms with E-state index in [1.165, 1.54) is 10.9 Å². The highest BCUT2D eigenvalue weighted by Crippen LogP contribution is 2.39. The molecule has 0 bridgehead atoms. The molecule has 3 rings (SSSR count). The molecule has 0 aliphatic carbocycles. The van der Waals surface area contributed by atoms with Crippen molar-refractivity contribution in [2.24, 2.45) is 0 Å². The first-order chi connectivity index (χ1) is 23.7. The molecule has 2 aromatic heterocycles. The van der Waals surface area contributed by atoms with E-state index in [2.05, 4.69) is 34.7 Å². The molecule has 2 aromatic rings. The van der Waals surface area contributed by atoms with Crippen molar-refractivity contribution in [3.63, 3.8) is 0 Å². The number of carbonyl (C=O) groups excluding carboxylic acids is 3. The number of aliphatic hydroxyl groups is 1. The van der Waals surface area contributed by atoms with Crippen LogP contribution in [0.3, 0.4) is 0 Å². The first-order valence-electron chi connectivity index (χ1n) is 17.3. The van der Waals surface area contributed by atoms with Crippen molar-refractivity contribution in [2.45, 2.75) is 134 Å². The Morgan fingerprint density at radius 2 is 1.59 bits per heavy atom. The average molecular weight is 692 g/mol. The fraction of sp³-hybridized carbons (Fsp3) is 0.706. The van der Waals surface area contributed by atoms with Crippen LogP contribution in [0, 0.1) is 18.4 Å². The van der Waals surface area contributed by atoms with Crippen LogP contribution >= 0.6 is 0 Å². The van der Waals surface area contributed by atoms with Crippen molar-refractivity contribution in [1.29, 1.82) is 0 Å². The highest BCUT2D eigenvalue weighted by atomic mass is 19.1. The second kappa shape index (κ2) is 20.5. The van der Waals surface area contributed by atoms with E-state index in [9.17, 15) is 23.9 Å². The van der Waals surface area contributed by atoms with Gasteiger partial charge in [-0.05, 0) is 12.8 Å². The van der Waals surface area contributed by atoms with Gasteiger partial charge in [-0.1, -0.05) is 84.0 Å². The summed E-state index contributed by atoms with van der Waals surface area (Å²) in [6.07, 6.45) is 13.5. The molecular formula is C34H50FN5O9. The molecule has 1 aliphatic heterocycles. The van der Waals surface area contributed by atoms with Crippen LogP contribution in [-0.2, 0) is 33.3 Å². The normalized spacial score (nSPS) is 18.8. The van der Waals surface area contributed by atoms with Gasteiger partial charge in [-0.25, -0.2) is 9.78 Å². The fourth-order valence-electron chi connectivity index (χ4n) is 5.50. The van der Waals surface area contributed by atoms with Gasteiger partial charge in [-0.3, -0.25) is 14.2 Å². The minimum Gasteiger partial charge on any atom is -0.462 e. The Morgan fingerprint density at radius 1 is 1.02 bits per heavy atom. The number of anilines is 1. The van der Waals surface area contributed by atoms with Crippen LogP contribution in [0.5, 0.6) is 0 Å². The molecule has 1 aliphatic rings. The maximum atomic E-state index is 14.0. The Bertz CT molecular complexity index is 1370. The van der Waals surface area contributed by atoms with Crippen LogP contribution in [0.4, 0.5) is 15.0 Å². The molecule has 0 unspecified atom stereocenters. The van der Waals surface area contributed by atoms with Crippen LogP contribution in [0.25, 0.3) is 11.2 Å². The van der Waals surface area contributed by atoms with Gasteiger partial charge in [0.05, 0.1) is 12.9 Å². The first kappa shape index (κ1) is 39.4. The zero-order valence-corrected chi connectivity index (χ0v) is 28.6. The van der Waals surface area contributed by atoms with Gasteiger partial charge in [0.2, 0.25) is 0 Å². The quantitative estimate of drug-likeness (QED) is 0.0532. The minimum absolute atomic E-state index is 0.00713. The lowest BCUT2D eigenvalue weighted by atomic mass is 9.99. The van der Waals surface area contributed by atoms with E-state index in [0.717, 1.165) is 64.2 Å². The van der Waals surface area contributed by atoms with Crippen LogP contribution in [0.1, 0.15) is 116 Å². The molecule has 49 heavy (non-hydrogen) atoms. The number of hydrogen-bond donors (Lipinski definition) is 2. The number of hydrogen-bond acceptors (Lipinski definition) is 13. The zero-order chi connectivity index (χ0) is 35.6. The predicted molar refractivity (Wildman–Crippen MR) is 176 cm³/mol. The van der Waals surface area contributed by atoms with Gasteiger partial charge < -0.3 is 34.5 Å². The summed E-state index contributed by atoms with van der Waals surface area (Å²) in [6, 6.07) is 0. The van der Waals surface area contributed by atoms with Gasteiger partial charge >= 0.3 is 24.2 Å². The van der Waals surface area contributed by atoms with Crippen LogP contribution in [0.2, 0.25) is 0 Å². The number of esters is 2. The summed E-state index contributed by atoms with van der Waals surface area (Å²) >= 11 is 0. The molecule has 0 aromatic carbocycles. The Balaban J connectivity index is 1.62. The highest BCUT2D eigenvalue weighted by Gasteiger charge is 2.51. The summed E-state index contributed by atoms with van der Waals surface area (Å²) in [6.45, 7) is 2.78. The molecule has 1 fully saturated rings. The molecule has 1 saturated heterocycles. The Morgan fingerprint density at radius 3 is 2.14 bits per heavy atom. The summed E-state index contributed by atoms with van der Waals surface area (Å²) in [5.41, 5.74) is 4.08. The van der Waals surface area contributed by atoms with Gasteiger partial charge in [0, 0.05) is 19.3 Å². The topological polar surface area (TPSA) is 187 Å². The summed E-state index contributed by atoms with van der Waals surface area (Å²) < 4.78 is 42.9. The molecule has 14 nitrogen and oxygen atoms in total. The van der Waals surface area contributed by atoms with E-state index >= 15 is 0 Å². The number of nitrogen functional groups attached to an aromatic ring is 1. The van der Waals surface area contributed by atoms with Gasteiger partial charge in [0.1, 0.15) is 19.4 Å². The molecule has 0 amide bonds. The Kier molecular flexibility index (Phi) is 16.5. The number of aromatic nitrogens is 4. The number of terminal acetylenes is 1. The number of rotatable bonds is 22. The largest absolute Gasteiger partial charge is 0.509 e. The van der Waals surface area contributed by atoms with Crippen molar-refractivity contribution in [3.8, 4) is 12.3 Å². The summed E-state index contributed by atoms with van der Waals surface area (Å²) in [5.74, 6) is 1.21. The van der Waals surface area contributed by atoms with E-state index in [0.29, 0.717) is 12.8 Å². The van der Waals surface area contributed by atoms with Crippen molar-refractivity contribution in [1.82, 2.24) is 19.5 Å². The lowest BCUT2D eigenvalue weighted by Gasteiger charge is -2.27. The number of nitrogens with two attached hydrogens (primary N) is 1. The number of ether oxygens (including phenoxy) is 5. The second-order valence-corrected chi connectivity index (χ2v) is 12.2.